The lowest BCUT2D eigenvalue weighted by Gasteiger charge is -2.14. The van der Waals surface area contributed by atoms with Crippen LogP contribution in [0.3, 0.4) is 0 Å². The first-order valence-corrected chi connectivity index (χ1v) is 4.88. The average Bonchev–Trinajstić information content (AvgIpc) is 2.17. The van der Waals surface area contributed by atoms with E-state index >= 15 is 0 Å². The van der Waals surface area contributed by atoms with Crippen LogP contribution < -0.4 is 0 Å². The van der Waals surface area contributed by atoms with E-state index in [1.807, 2.05) is 12.1 Å². The molecule has 0 radical (unpaired) electrons. The van der Waals surface area contributed by atoms with E-state index in [2.05, 4.69) is 24.3 Å². The monoisotopic (exact) mass is 176 g/mol. The second kappa shape index (κ2) is 3.20. The summed E-state index contributed by atoms with van der Waals surface area (Å²) >= 11 is 0. The Kier molecular flexibility index (Phi) is 2.05. The van der Waals surface area contributed by atoms with Crippen molar-refractivity contribution in [1.82, 2.24) is 0 Å². The van der Waals surface area contributed by atoms with Crippen molar-refractivity contribution < 1.29 is 4.57 Å². The van der Waals surface area contributed by atoms with Crippen molar-refractivity contribution in [3.05, 3.63) is 41.5 Å². The molecule has 60 valence electrons. The summed E-state index contributed by atoms with van der Waals surface area (Å²) in [7, 11) is 0.230. The van der Waals surface area contributed by atoms with E-state index in [1.54, 1.807) is 0 Å². The minimum absolute atomic E-state index is 0.172. The van der Waals surface area contributed by atoms with Crippen molar-refractivity contribution in [1.29, 1.82) is 0 Å². The Balaban J connectivity index is 2.52. The third-order valence-electron chi connectivity index (χ3n) is 2.14. The fourth-order valence-corrected chi connectivity index (χ4v) is 2.07. The number of hydrogen-bond donors (Lipinski definition) is 0. The van der Waals surface area contributed by atoms with Crippen LogP contribution in [0, 0.1) is 0 Å². The molecule has 0 fully saturated rings. The Morgan fingerprint density at radius 1 is 1.33 bits per heavy atom. The summed E-state index contributed by atoms with van der Waals surface area (Å²) < 4.78 is 10.8. The zero-order valence-electron chi connectivity index (χ0n) is 6.60. The van der Waals surface area contributed by atoms with Gasteiger partial charge in [0.1, 0.15) is 0 Å². The highest BCUT2D eigenvalue weighted by Gasteiger charge is 2.15. The number of rotatable bonds is 1. The van der Waals surface area contributed by atoms with E-state index in [-0.39, 0.29) is 14.1 Å². The summed E-state index contributed by atoms with van der Waals surface area (Å²) in [6.45, 7) is 0. The van der Waals surface area contributed by atoms with Crippen molar-refractivity contribution in [3.8, 4) is 0 Å². The van der Waals surface area contributed by atoms with Gasteiger partial charge in [0.2, 0.25) is 0 Å². The molecule has 0 saturated heterocycles. The zero-order valence-corrected chi connectivity index (χ0v) is 7.50. The maximum absolute atomic E-state index is 10.8. The molecule has 0 N–H and O–H groups in total. The highest BCUT2D eigenvalue weighted by atomic mass is 31.1. The van der Waals surface area contributed by atoms with Crippen molar-refractivity contribution in [2.45, 2.75) is 12.1 Å². The predicted molar refractivity (Wildman–Crippen MR) is 50.4 cm³/mol. The van der Waals surface area contributed by atoms with Gasteiger partial charge in [-0.05, 0) is 17.5 Å². The van der Waals surface area contributed by atoms with Crippen LogP contribution in [0.15, 0.2) is 30.3 Å². The molecule has 1 aliphatic rings. The smallest absolute Gasteiger partial charge is 0.163 e. The van der Waals surface area contributed by atoms with Crippen molar-refractivity contribution in [2.24, 2.45) is 0 Å². The zero-order chi connectivity index (χ0) is 8.39. The number of allylic oxidation sites excluding steroid dienone is 1. The van der Waals surface area contributed by atoms with Gasteiger partial charge < -0.3 is 0 Å². The molecule has 0 amide bonds. The lowest BCUT2D eigenvalue weighted by molar-refractivity contribution is 0.591. The second-order valence-corrected chi connectivity index (χ2v) is 3.72. The second-order valence-electron chi connectivity index (χ2n) is 2.89. The number of benzene rings is 1. The van der Waals surface area contributed by atoms with Crippen LogP contribution in [-0.4, -0.2) is 0 Å². The molecule has 1 aliphatic carbocycles. The topological polar surface area (TPSA) is 17.1 Å². The van der Waals surface area contributed by atoms with Crippen LogP contribution in [0.4, 0.5) is 0 Å². The van der Waals surface area contributed by atoms with E-state index in [9.17, 15) is 4.57 Å². The van der Waals surface area contributed by atoms with Gasteiger partial charge in [-0.1, -0.05) is 36.4 Å². The van der Waals surface area contributed by atoms with Gasteiger partial charge >= 0.3 is 0 Å². The fourth-order valence-electron chi connectivity index (χ4n) is 1.52. The summed E-state index contributed by atoms with van der Waals surface area (Å²) in [6, 6.07) is 8.11. The maximum atomic E-state index is 10.8. The van der Waals surface area contributed by atoms with Crippen molar-refractivity contribution >= 4 is 14.5 Å². The molecule has 0 spiro atoms. The van der Waals surface area contributed by atoms with Crippen molar-refractivity contribution in [3.63, 3.8) is 0 Å². The van der Waals surface area contributed by atoms with Gasteiger partial charge in [0.25, 0.3) is 0 Å². The molecule has 1 atom stereocenters. The molecule has 1 unspecified atom stereocenters. The molecular formula is C10H9OP. The number of hydrogen-bond acceptors (Lipinski definition) is 1. The summed E-state index contributed by atoms with van der Waals surface area (Å²) in [6.07, 6.45) is 5.07. The summed E-state index contributed by atoms with van der Waals surface area (Å²) in [5.74, 6) is 0. The molecule has 2 heteroatoms. The van der Waals surface area contributed by atoms with Crippen LogP contribution in [0.1, 0.15) is 23.2 Å². The van der Waals surface area contributed by atoms with E-state index in [4.69, 9.17) is 0 Å². The normalized spacial score (nSPS) is 20.8. The van der Waals surface area contributed by atoms with Gasteiger partial charge in [-0.2, -0.15) is 0 Å². The lowest BCUT2D eigenvalue weighted by Crippen LogP contribution is -1.96. The molecule has 1 aromatic rings. The van der Waals surface area contributed by atoms with Gasteiger partial charge in [-0.25, -0.2) is 0 Å². The first-order valence-electron chi connectivity index (χ1n) is 4.00. The highest BCUT2D eigenvalue weighted by molar-refractivity contribution is 7.24. The quantitative estimate of drug-likeness (QED) is 0.599. The van der Waals surface area contributed by atoms with Crippen molar-refractivity contribution in [2.75, 3.05) is 0 Å². The predicted octanol–water partition coefficient (Wildman–Crippen LogP) is 3.44. The highest BCUT2D eigenvalue weighted by Crippen LogP contribution is 2.36. The summed E-state index contributed by atoms with van der Waals surface area (Å²) in [5, 5.41) is 0. The standard InChI is InChI=1S/C10H9OP/c11-12-10-7-3-5-8-4-1-2-6-9(8)10/h1-6,10H,7H2. The van der Waals surface area contributed by atoms with E-state index < -0.39 is 0 Å². The Morgan fingerprint density at radius 3 is 3.00 bits per heavy atom. The van der Waals surface area contributed by atoms with E-state index in [0.29, 0.717) is 0 Å². The van der Waals surface area contributed by atoms with Gasteiger partial charge in [0.15, 0.2) is 8.46 Å². The molecule has 1 aromatic carbocycles. The molecule has 0 heterocycles. The minimum Gasteiger partial charge on any atom is -0.274 e. The van der Waals surface area contributed by atoms with E-state index in [1.165, 1.54) is 11.1 Å². The largest absolute Gasteiger partial charge is 0.274 e. The van der Waals surface area contributed by atoms with Crippen LogP contribution in [-0.2, 0) is 4.57 Å². The molecule has 0 saturated carbocycles. The first-order chi connectivity index (χ1) is 5.92. The molecule has 2 rings (SSSR count). The fraction of sp³-hybridized carbons (Fsp3) is 0.200. The molecule has 0 aliphatic heterocycles. The van der Waals surface area contributed by atoms with Gasteiger partial charge in [0.05, 0.1) is 5.66 Å². The molecular weight excluding hydrogens is 167 g/mol. The lowest BCUT2D eigenvalue weighted by atomic mass is 9.97. The molecule has 1 nitrogen and oxygen atoms in total. The third kappa shape index (κ3) is 1.21. The molecule has 0 bridgehead atoms. The van der Waals surface area contributed by atoms with Gasteiger partial charge in [-0.15, -0.1) is 0 Å². The Morgan fingerprint density at radius 2 is 2.17 bits per heavy atom. The summed E-state index contributed by atoms with van der Waals surface area (Å²) in [5.41, 5.74) is 2.58. The average molecular weight is 176 g/mol. The maximum Gasteiger partial charge on any atom is 0.163 e. The SMILES string of the molecule is O=PC1CC=Cc2ccccc21. The van der Waals surface area contributed by atoms with E-state index in [0.717, 1.165) is 6.42 Å². The van der Waals surface area contributed by atoms with Gasteiger partial charge in [-0.3, -0.25) is 4.57 Å². The number of fused-ring (bicyclic) bond motifs is 1. The Hall–Kier alpha value is -0.940. The Labute approximate surface area is 73.3 Å². The Bertz CT molecular complexity index is 330. The molecule has 12 heavy (non-hydrogen) atoms. The van der Waals surface area contributed by atoms with Gasteiger partial charge in [0, 0.05) is 0 Å². The first kappa shape index (κ1) is 7.70. The summed E-state index contributed by atoms with van der Waals surface area (Å²) in [4.78, 5) is 0. The molecule has 0 aromatic heterocycles. The van der Waals surface area contributed by atoms with Crippen LogP contribution in [0.2, 0.25) is 0 Å². The van der Waals surface area contributed by atoms with Crippen LogP contribution in [0.25, 0.3) is 6.08 Å². The van der Waals surface area contributed by atoms with Crippen LogP contribution in [0.5, 0.6) is 0 Å². The third-order valence-corrected chi connectivity index (χ3v) is 2.88. The van der Waals surface area contributed by atoms with Crippen LogP contribution >= 0.6 is 8.46 Å². The minimum atomic E-state index is 0.172.